The maximum Gasteiger partial charge on any atom is 0.401 e. The molecule has 1 atom stereocenters. The van der Waals surface area contributed by atoms with Crippen LogP contribution in [0.5, 0.6) is 11.5 Å². The molecule has 0 radical (unpaired) electrons. The standard InChI is InChI=1S/C9H9ClO7S2/c1-14-5-4-18-8(7(5)17-19(10,12)13)9(11)16-6-2-3-15-6/h4,6H,2-3H2,1H3. The number of thiophene rings is 1. The van der Waals surface area contributed by atoms with Crippen molar-refractivity contribution in [3.05, 3.63) is 10.3 Å². The molecule has 1 aliphatic rings. The minimum atomic E-state index is -4.30. The van der Waals surface area contributed by atoms with Crippen molar-refractivity contribution in [1.29, 1.82) is 0 Å². The van der Waals surface area contributed by atoms with Gasteiger partial charge < -0.3 is 18.4 Å². The van der Waals surface area contributed by atoms with Crippen LogP contribution in [0.25, 0.3) is 0 Å². The van der Waals surface area contributed by atoms with Crippen molar-refractivity contribution in [2.75, 3.05) is 13.7 Å². The fourth-order valence-corrected chi connectivity index (χ4v) is 2.70. The second kappa shape index (κ2) is 5.53. The summed E-state index contributed by atoms with van der Waals surface area (Å²) in [5.74, 6) is -0.962. The molecule has 0 aromatic carbocycles. The molecule has 1 aromatic heterocycles. The second-order valence-corrected chi connectivity index (χ2v) is 6.40. The van der Waals surface area contributed by atoms with Gasteiger partial charge in [0.25, 0.3) is 0 Å². The van der Waals surface area contributed by atoms with Gasteiger partial charge in [0.1, 0.15) is 0 Å². The molecule has 2 rings (SSSR count). The molecule has 0 saturated carbocycles. The number of carbonyl (C=O) groups excluding carboxylic acids is 1. The van der Waals surface area contributed by atoms with E-state index in [1.807, 2.05) is 0 Å². The molecule has 0 N–H and O–H groups in total. The van der Waals surface area contributed by atoms with E-state index in [1.165, 1.54) is 12.5 Å². The van der Waals surface area contributed by atoms with Crippen LogP contribution in [0.3, 0.4) is 0 Å². The van der Waals surface area contributed by atoms with E-state index in [0.717, 1.165) is 11.3 Å². The number of esters is 1. The summed E-state index contributed by atoms with van der Waals surface area (Å²) in [6, 6.07) is 0. The number of hydrogen-bond donors (Lipinski definition) is 0. The third-order valence-electron chi connectivity index (χ3n) is 2.20. The smallest absolute Gasteiger partial charge is 0.401 e. The number of hydrogen-bond acceptors (Lipinski definition) is 8. The van der Waals surface area contributed by atoms with E-state index in [9.17, 15) is 13.2 Å². The van der Waals surface area contributed by atoms with Crippen LogP contribution in [0.1, 0.15) is 16.1 Å². The first-order valence-electron chi connectivity index (χ1n) is 5.03. The van der Waals surface area contributed by atoms with Gasteiger partial charge in [0.15, 0.2) is 10.6 Å². The van der Waals surface area contributed by atoms with Gasteiger partial charge in [-0.15, -0.1) is 11.3 Å². The lowest BCUT2D eigenvalue weighted by atomic mass is 10.3. The minimum Gasteiger partial charge on any atom is -0.492 e. The summed E-state index contributed by atoms with van der Waals surface area (Å²) in [5.41, 5.74) is 0. The Kier molecular flexibility index (Phi) is 4.19. The number of rotatable bonds is 5. The molecule has 10 heteroatoms. The molecule has 0 aliphatic carbocycles. The highest BCUT2D eigenvalue weighted by Crippen LogP contribution is 2.39. The fourth-order valence-electron chi connectivity index (χ4n) is 1.27. The van der Waals surface area contributed by atoms with Gasteiger partial charge >= 0.3 is 15.3 Å². The second-order valence-electron chi connectivity index (χ2n) is 3.43. The van der Waals surface area contributed by atoms with Crippen LogP contribution in [-0.4, -0.2) is 34.4 Å². The molecule has 19 heavy (non-hydrogen) atoms. The first-order chi connectivity index (χ1) is 8.90. The Balaban J connectivity index is 2.23. The summed E-state index contributed by atoms with van der Waals surface area (Å²) in [5, 5.41) is 1.41. The quantitative estimate of drug-likeness (QED) is 0.598. The summed E-state index contributed by atoms with van der Waals surface area (Å²) in [6.45, 7) is 0.519. The molecule has 1 fully saturated rings. The SMILES string of the molecule is COc1csc(C(=O)OC2CCO2)c1OS(=O)(=O)Cl. The van der Waals surface area contributed by atoms with Crippen molar-refractivity contribution in [3.8, 4) is 11.5 Å². The summed E-state index contributed by atoms with van der Waals surface area (Å²) >= 11 is 0.923. The highest BCUT2D eigenvalue weighted by molar-refractivity contribution is 8.10. The van der Waals surface area contributed by atoms with Crippen molar-refractivity contribution in [2.45, 2.75) is 12.7 Å². The van der Waals surface area contributed by atoms with E-state index >= 15 is 0 Å². The fraction of sp³-hybridized carbons (Fsp3) is 0.444. The largest absolute Gasteiger partial charge is 0.492 e. The summed E-state index contributed by atoms with van der Waals surface area (Å²) < 4.78 is 41.2. The molecule has 1 saturated heterocycles. The molecule has 106 valence electrons. The van der Waals surface area contributed by atoms with E-state index in [0.29, 0.717) is 13.0 Å². The average Bonchev–Trinajstić information content (AvgIpc) is 2.63. The van der Waals surface area contributed by atoms with Gasteiger partial charge in [-0.05, 0) is 0 Å². The van der Waals surface area contributed by atoms with E-state index < -0.39 is 21.6 Å². The highest BCUT2D eigenvalue weighted by Gasteiger charge is 2.29. The van der Waals surface area contributed by atoms with Gasteiger partial charge in [0.05, 0.1) is 24.4 Å². The molecule has 7 nitrogen and oxygen atoms in total. The van der Waals surface area contributed by atoms with E-state index in [-0.39, 0.29) is 16.4 Å². The maximum absolute atomic E-state index is 11.8. The summed E-state index contributed by atoms with van der Waals surface area (Å²) in [7, 11) is 2.01. The number of ether oxygens (including phenoxy) is 3. The molecule has 0 bridgehead atoms. The molecular weight excluding hydrogens is 320 g/mol. The van der Waals surface area contributed by atoms with Gasteiger partial charge in [0, 0.05) is 11.8 Å². The number of carbonyl (C=O) groups is 1. The Morgan fingerprint density at radius 1 is 1.58 bits per heavy atom. The zero-order valence-corrected chi connectivity index (χ0v) is 12.0. The van der Waals surface area contributed by atoms with Crippen LogP contribution in [0, 0.1) is 0 Å². The minimum absolute atomic E-state index is 0.0587. The van der Waals surface area contributed by atoms with E-state index in [2.05, 4.69) is 4.18 Å². The van der Waals surface area contributed by atoms with Gasteiger partial charge in [0.2, 0.25) is 12.0 Å². The van der Waals surface area contributed by atoms with Crippen LogP contribution >= 0.6 is 22.0 Å². The molecule has 1 aliphatic heterocycles. The maximum atomic E-state index is 11.8. The van der Waals surface area contributed by atoms with Crippen molar-refractivity contribution in [3.63, 3.8) is 0 Å². The van der Waals surface area contributed by atoms with Gasteiger partial charge in [-0.3, -0.25) is 0 Å². The Morgan fingerprint density at radius 3 is 2.74 bits per heavy atom. The van der Waals surface area contributed by atoms with Gasteiger partial charge in [-0.25, -0.2) is 4.79 Å². The van der Waals surface area contributed by atoms with E-state index in [1.54, 1.807) is 0 Å². The molecule has 1 unspecified atom stereocenters. The van der Waals surface area contributed by atoms with Crippen molar-refractivity contribution >= 4 is 37.3 Å². The van der Waals surface area contributed by atoms with Crippen LogP contribution in [-0.2, 0) is 18.8 Å². The third kappa shape index (κ3) is 3.50. The van der Waals surface area contributed by atoms with Gasteiger partial charge in [-0.2, -0.15) is 8.42 Å². The summed E-state index contributed by atoms with van der Waals surface area (Å²) in [6.07, 6.45) is -0.0147. The van der Waals surface area contributed by atoms with Crippen LogP contribution in [0.15, 0.2) is 5.38 Å². The highest BCUT2D eigenvalue weighted by atomic mass is 35.7. The summed E-state index contributed by atoms with van der Waals surface area (Å²) in [4.78, 5) is 11.8. The van der Waals surface area contributed by atoms with Crippen LogP contribution in [0.2, 0.25) is 0 Å². The predicted octanol–water partition coefficient (Wildman–Crippen LogP) is 1.52. The van der Waals surface area contributed by atoms with Crippen LogP contribution < -0.4 is 8.92 Å². The topological polar surface area (TPSA) is 88.1 Å². The zero-order valence-electron chi connectivity index (χ0n) is 9.62. The Labute approximate surface area is 117 Å². The monoisotopic (exact) mass is 328 g/mol. The Hall–Kier alpha value is -1.03. The van der Waals surface area contributed by atoms with E-state index in [4.69, 9.17) is 24.9 Å². The molecular formula is C9H9ClO7S2. The van der Waals surface area contributed by atoms with Crippen molar-refractivity contribution in [1.82, 2.24) is 0 Å². The van der Waals surface area contributed by atoms with Crippen molar-refractivity contribution < 1.29 is 31.6 Å². The normalized spacial score (nSPS) is 18.5. The van der Waals surface area contributed by atoms with Crippen LogP contribution in [0.4, 0.5) is 0 Å². The first kappa shape index (κ1) is 14.4. The lowest BCUT2D eigenvalue weighted by Crippen LogP contribution is -2.31. The molecule has 0 spiro atoms. The lowest BCUT2D eigenvalue weighted by molar-refractivity contribution is -0.184. The first-order valence-corrected chi connectivity index (χ1v) is 8.14. The average molecular weight is 329 g/mol. The Morgan fingerprint density at radius 2 is 2.26 bits per heavy atom. The number of methoxy groups -OCH3 is 1. The van der Waals surface area contributed by atoms with Crippen molar-refractivity contribution in [2.24, 2.45) is 0 Å². The Bertz CT molecular complexity index is 575. The molecule has 2 heterocycles. The third-order valence-corrected chi connectivity index (χ3v) is 3.67. The lowest BCUT2D eigenvalue weighted by Gasteiger charge is -2.25. The predicted molar refractivity (Wildman–Crippen MR) is 66.0 cm³/mol. The molecule has 1 aromatic rings. The van der Waals surface area contributed by atoms with Gasteiger partial charge in [-0.1, -0.05) is 0 Å². The zero-order chi connectivity index (χ0) is 14.0. The molecule has 0 amide bonds. The number of halogens is 1.